The van der Waals surface area contributed by atoms with Gasteiger partial charge in [-0.1, -0.05) is 36.9 Å². The summed E-state index contributed by atoms with van der Waals surface area (Å²) >= 11 is 1.24. The zero-order chi connectivity index (χ0) is 19.4. The molecule has 0 aliphatic heterocycles. The summed E-state index contributed by atoms with van der Waals surface area (Å²) < 4.78 is 1.48. The minimum Gasteiger partial charge on any atom is -0.353 e. The van der Waals surface area contributed by atoms with E-state index in [0.29, 0.717) is 21.9 Å². The molecule has 27 heavy (non-hydrogen) atoms. The zero-order valence-corrected chi connectivity index (χ0v) is 16.4. The van der Waals surface area contributed by atoms with Crippen LogP contribution in [0.3, 0.4) is 0 Å². The Morgan fingerprint density at radius 1 is 1.26 bits per heavy atom. The quantitative estimate of drug-likeness (QED) is 0.524. The fourth-order valence-corrected chi connectivity index (χ4v) is 3.36. The largest absolute Gasteiger partial charge is 0.353 e. The predicted octanol–water partition coefficient (Wildman–Crippen LogP) is 3.10. The molecule has 6 nitrogen and oxygen atoms in total. The number of fused-ring (bicyclic) bond motifs is 1. The molecule has 0 aliphatic carbocycles. The smallest absolute Gasteiger partial charge is 0.267 e. The molecule has 1 amide bonds. The summed E-state index contributed by atoms with van der Waals surface area (Å²) in [5, 5.41) is 3.90. The van der Waals surface area contributed by atoms with Crippen LogP contribution in [0.1, 0.15) is 25.8 Å². The first-order valence-electron chi connectivity index (χ1n) is 8.86. The molecule has 3 aromatic rings. The second kappa shape index (κ2) is 8.35. The predicted molar refractivity (Wildman–Crippen MR) is 108 cm³/mol. The van der Waals surface area contributed by atoms with Crippen LogP contribution in [0, 0.1) is 6.92 Å². The lowest BCUT2D eigenvalue weighted by Crippen LogP contribution is -2.33. The van der Waals surface area contributed by atoms with Crippen LogP contribution in [-0.2, 0) is 4.79 Å². The monoisotopic (exact) mass is 382 g/mol. The van der Waals surface area contributed by atoms with Crippen molar-refractivity contribution in [1.29, 1.82) is 0 Å². The number of thioether (sulfide) groups is 1. The third-order valence-corrected chi connectivity index (χ3v) is 5.16. The van der Waals surface area contributed by atoms with Gasteiger partial charge in [-0.05, 0) is 44.0 Å². The topological polar surface area (TPSA) is 76.9 Å². The Labute approximate surface area is 162 Å². The number of hydrogen-bond donors (Lipinski definition) is 1. The van der Waals surface area contributed by atoms with Crippen molar-refractivity contribution >= 4 is 28.6 Å². The number of rotatable bonds is 6. The van der Waals surface area contributed by atoms with E-state index in [-0.39, 0.29) is 23.3 Å². The van der Waals surface area contributed by atoms with Crippen molar-refractivity contribution in [3.8, 4) is 5.82 Å². The van der Waals surface area contributed by atoms with Gasteiger partial charge in [0.2, 0.25) is 5.91 Å². The maximum atomic E-state index is 13.1. The molecule has 0 spiro atoms. The van der Waals surface area contributed by atoms with E-state index in [1.165, 1.54) is 16.3 Å². The van der Waals surface area contributed by atoms with E-state index in [9.17, 15) is 9.59 Å². The molecule has 3 rings (SSSR count). The molecule has 2 heterocycles. The van der Waals surface area contributed by atoms with Gasteiger partial charge in [-0.2, -0.15) is 0 Å². The van der Waals surface area contributed by atoms with Crippen molar-refractivity contribution in [1.82, 2.24) is 19.9 Å². The summed E-state index contributed by atoms with van der Waals surface area (Å²) in [5.74, 6) is 0.593. The number of aryl methyl sites for hydroxylation is 1. The SMILES string of the molecule is CC[C@H](C)NC(=O)CSc1nc2ccccc2c(=O)n1-c1ccc(C)cn1. The van der Waals surface area contributed by atoms with Crippen LogP contribution in [0.4, 0.5) is 0 Å². The van der Waals surface area contributed by atoms with Crippen molar-refractivity contribution < 1.29 is 4.79 Å². The van der Waals surface area contributed by atoms with E-state index in [1.807, 2.05) is 39.0 Å². The normalized spacial score (nSPS) is 12.1. The summed E-state index contributed by atoms with van der Waals surface area (Å²) in [6.45, 7) is 5.92. The Balaban J connectivity index is 2.02. The lowest BCUT2D eigenvalue weighted by Gasteiger charge is -2.14. The Kier molecular flexibility index (Phi) is 5.91. The van der Waals surface area contributed by atoms with Crippen LogP contribution in [-0.4, -0.2) is 32.2 Å². The first-order valence-corrected chi connectivity index (χ1v) is 9.85. The van der Waals surface area contributed by atoms with Crippen LogP contribution in [0.2, 0.25) is 0 Å². The van der Waals surface area contributed by atoms with E-state index < -0.39 is 0 Å². The van der Waals surface area contributed by atoms with Crippen molar-refractivity contribution in [3.63, 3.8) is 0 Å². The van der Waals surface area contributed by atoms with Crippen LogP contribution in [0.5, 0.6) is 0 Å². The number of carbonyl (C=O) groups excluding carboxylic acids is 1. The van der Waals surface area contributed by atoms with Gasteiger partial charge in [-0.3, -0.25) is 9.59 Å². The van der Waals surface area contributed by atoms with E-state index in [4.69, 9.17) is 0 Å². The highest BCUT2D eigenvalue weighted by Gasteiger charge is 2.16. The number of nitrogens with one attached hydrogen (secondary N) is 1. The summed E-state index contributed by atoms with van der Waals surface area (Å²) in [7, 11) is 0. The van der Waals surface area contributed by atoms with Crippen LogP contribution in [0.25, 0.3) is 16.7 Å². The fourth-order valence-electron chi connectivity index (χ4n) is 2.55. The van der Waals surface area contributed by atoms with Crippen LogP contribution >= 0.6 is 11.8 Å². The number of carbonyl (C=O) groups is 1. The average Bonchev–Trinajstić information content (AvgIpc) is 2.67. The maximum Gasteiger partial charge on any atom is 0.267 e. The molecular formula is C20H22N4O2S. The molecule has 0 radical (unpaired) electrons. The van der Waals surface area contributed by atoms with Crippen molar-refractivity contribution in [2.45, 2.75) is 38.4 Å². The first-order chi connectivity index (χ1) is 13.0. The van der Waals surface area contributed by atoms with Crippen molar-refractivity contribution in [3.05, 3.63) is 58.5 Å². The summed E-state index contributed by atoms with van der Waals surface area (Å²) in [4.78, 5) is 34.2. The Bertz CT molecular complexity index is 1010. The number of benzene rings is 1. The molecule has 0 unspecified atom stereocenters. The van der Waals surface area contributed by atoms with E-state index >= 15 is 0 Å². The standard InChI is InChI=1S/C20H22N4O2S/c1-4-14(3)22-18(25)12-27-20-23-16-8-6-5-7-15(16)19(26)24(20)17-10-9-13(2)11-21-17/h5-11,14H,4,12H2,1-3H3,(H,22,25)/t14-/m0/s1. The highest BCUT2D eigenvalue weighted by molar-refractivity contribution is 7.99. The molecule has 0 aliphatic rings. The number of amides is 1. The third-order valence-electron chi connectivity index (χ3n) is 4.22. The fraction of sp³-hybridized carbons (Fsp3) is 0.300. The van der Waals surface area contributed by atoms with Crippen LogP contribution < -0.4 is 10.9 Å². The zero-order valence-electron chi connectivity index (χ0n) is 15.6. The summed E-state index contributed by atoms with van der Waals surface area (Å²) in [6.07, 6.45) is 2.57. The van der Waals surface area contributed by atoms with Gasteiger partial charge in [0.05, 0.1) is 16.7 Å². The summed E-state index contributed by atoms with van der Waals surface area (Å²) in [6, 6.07) is 11.0. The molecule has 0 saturated carbocycles. The minimum atomic E-state index is -0.193. The molecule has 140 valence electrons. The first kappa shape index (κ1) is 19.1. The van der Waals surface area contributed by atoms with Gasteiger partial charge in [-0.25, -0.2) is 14.5 Å². The highest BCUT2D eigenvalue weighted by atomic mass is 32.2. The molecule has 1 atom stereocenters. The number of aromatic nitrogens is 3. The number of pyridine rings is 1. The van der Waals surface area contributed by atoms with Gasteiger partial charge in [0.1, 0.15) is 5.82 Å². The van der Waals surface area contributed by atoms with E-state index in [2.05, 4.69) is 15.3 Å². The van der Waals surface area contributed by atoms with E-state index in [0.717, 1.165) is 12.0 Å². The van der Waals surface area contributed by atoms with Gasteiger partial charge in [0.25, 0.3) is 5.56 Å². The number of nitrogens with zero attached hydrogens (tertiary/aromatic N) is 3. The second-order valence-corrected chi connectivity index (χ2v) is 7.35. The molecule has 2 aromatic heterocycles. The van der Waals surface area contributed by atoms with Gasteiger partial charge in [-0.15, -0.1) is 0 Å². The molecule has 0 saturated heterocycles. The van der Waals surface area contributed by atoms with Crippen molar-refractivity contribution in [2.24, 2.45) is 0 Å². The average molecular weight is 382 g/mol. The van der Waals surface area contributed by atoms with Gasteiger partial charge < -0.3 is 5.32 Å². The molecule has 1 N–H and O–H groups in total. The Morgan fingerprint density at radius 2 is 2.04 bits per heavy atom. The Morgan fingerprint density at radius 3 is 2.74 bits per heavy atom. The third kappa shape index (κ3) is 4.36. The molecule has 0 fully saturated rings. The molecule has 7 heteroatoms. The molecule has 1 aromatic carbocycles. The van der Waals surface area contributed by atoms with Crippen LogP contribution in [0.15, 0.2) is 52.5 Å². The lowest BCUT2D eigenvalue weighted by atomic mass is 10.2. The molecular weight excluding hydrogens is 360 g/mol. The second-order valence-electron chi connectivity index (χ2n) is 6.41. The number of hydrogen-bond acceptors (Lipinski definition) is 5. The summed E-state index contributed by atoms with van der Waals surface area (Å²) in [5.41, 5.74) is 1.42. The van der Waals surface area contributed by atoms with Crippen molar-refractivity contribution in [2.75, 3.05) is 5.75 Å². The van der Waals surface area contributed by atoms with Gasteiger partial charge in [0, 0.05) is 12.2 Å². The lowest BCUT2D eigenvalue weighted by molar-refractivity contribution is -0.119. The highest BCUT2D eigenvalue weighted by Crippen LogP contribution is 2.20. The minimum absolute atomic E-state index is 0.0832. The van der Waals surface area contributed by atoms with Gasteiger partial charge in [0.15, 0.2) is 5.16 Å². The maximum absolute atomic E-state index is 13.1. The van der Waals surface area contributed by atoms with Gasteiger partial charge >= 0.3 is 0 Å². The molecule has 0 bridgehead atoms. The van der Waals surface area contributed by atoms with E-state index in [1.54, 1.807) is 24.4 Å². The Hall–Kier alpha value is -2.67. The number of para-hydroxylation sites is 1.